The summed E-state index contributed by atoms with van der Waals surface area (Å²) < 4.78 is 10.8. The van der Waals surface area contributed by atoms with Crippen molar-refractivity contribution < 1.29 is 14.3 Å². The lowest BCUT2D eigenvalue weighted by molar-refractivity contribution is -0.134. The molecule has 2 aromatic carbocycles. The van der Waals surface area contributed by atoms with E-state index in [1.165, 1.54) is 6.92 Å². The van der Waals surface area contributed by atoms with Crippen LogP contribution < -0.4 is 0 Å². The van der Waals surface area contributed by atoms with Gasteiger partial charge in [0.2, 0.25) is 0 Å². The van der Waals surface area contributed by atoms with Gasteiger partial charge in [0.1, 0.15) is 0 Å². The van der Waals surface area contributed by atoms with E-state index in [0.717, 1.165) is 11.1 Å². The molecule has 0 unspecified atom stereocenters. The number of ether oxygens (including phenoxy) is 2. The fraction of sp³-hybridized carbons (Fsp3) is 0.118. The van der Waals surface area contributed by atoms with Crippen LogP contribution in [0.2, 0.25) is 0 Å². The van der Waals surface area contributed by atoms with Gasteiger partial charge in [-0.05, 0) is 0 Å². The van der Waals surface area contributed by atoms with Gasteiger partial charge >= 0.3 is 5.97 Å². The van der Waals surface area contributed by atoms with E-state index in [2.05, 4.69) is 0 Å². The van der Waals surface area contributed by atoms with Crippen LogP contribution in [-0.4, -0.2) is 13.1 Å². The van der Waals surface area contributed by atoms with E-state index in [9.17, 15) is 4.79 Å². The molecule has 0 aliphatic heterocycles. The van der Waals surface area contributed by atoms with E-state index < -0.39 is 0 Å². The van der Waals surface area contributed by atoms with Crippen LogP contribution in [0, 0.1) is 0 Å². The van der Waals surface area contributed by atoms with Crippen LogP contribution >= 0.6 is 0 Å². The Hall–Kier alpha value is -2.55. The first-order valence-electron chi connectivity index (χ1n) is 6.30. The molecule has 3 nitrogen and oxygen atoms in total. The molecule has 0 atom stereocenters. The third kappa shape index (κ3) is 3.26. The maximum Gasteiger partial charge on any atom is 0.308 e. The Morgan fingerprint density at radius 2 is 1.25 bits per heavy atom. The Balaban J connectivity index is 2.58. The molecule has 2 aromatic rings. The molecule has 0 spiro atoms. The third-order valence-corrected chi connectivity index (χ3v) is 2.73. The first kappa shape index (κ1) is 13.9. The standard InChI is InChI=1S/C17H16O3/c1-13(18)20-17(15-11-7-4-8-12-15)16(19-2)14-9-5-3-6-10-14/h3-12H,1-2H3/b17-16+. The van der Waals surface area contributed by atoms with Crippen molar-refractivity contribution in [1.82, 2.24) is 0 Å². The van der Waals surface area contributed by atoms with Crippen molar-refractivity contribution in [2.75, 3.05) is 7.11 Å². The summed E-state index contributed by atoms with van der Waals surface area (Å²) >= 11 is 0. The summed E-state index contributed by atoms with van der Waals surface area (Å²) in [5.41, 5.74) is 1.65. The molecule has 3 heteroatoms. The van der Waals surface area contributed by atoms with Crippen molar-refractivity contribution in [1.29, 1.82) is 0 Å². The number of benzene rings is 2. The van der Waals surface area contributed by atoms with Gasteiger partial charge in [-0.15, -0.1) is 0 Å². The maximum absolute atomic E-state index is 11.4. The largest absolute Gasteiger partial charge is 0.492 e. The second kappa shape index (κ2) is 6.57. The van der Waals surface area contributed by atoms with Gasteiger partial charge in [-0.25, -0.2) is 0 Å². The molecule has 2 rings (SSSR count). The van der Waals surface area contributed by atoms with Gasteiger partial charge in [-0.1, -0.05) is 60.7 Å². The Labute approximate surface area is 118 Å². The fourth-order valence-corrected chi connectivity index (χ4v) is 1.90. The highest BCUT2D eigenvalue weighted by atomic mass is 16.6. The predicted molar refractivity (Wildman–Crippen MR) is 78.5 cm³/mol. The summed E-state index contributed by atoms with van der Waals surface area (Å²) in [5, 5.41) is 0. The van der Waals surface area contributed by atoms with E-state index in [1.807, 2.05) is 60.7 Å². The molecule has 0 amide bonds. The minimum Gasteiger partial charge on any atom is -0.492 e. The van der Waals surface area contributed by atoms with E-state index in [1.54, 1.807) is 7.11 Å². The zero-order valence-corrected chi connectivity index (χ0v) is 11.5. The molecule has 0 aliphatic rings. The molecule has 102 valence electrons. The van der Waals surface area contributed by atoms with E-state index in [-0.39, 0.29) is 5.97 Å². The zero-order valence-electron chi connectivity index (χ0n) is 11.5. The van der Waals surface area contributed by atoms with Gasteiger partial charge in [-0.3, -0.25) is 4.79 Å². The number of hydrogen-bond donors (Lipinski definition) is 0. The highest BCUT2D eigenvalue weighted by Crippen LogP contribution is 2.28. The Bertz CT molecular complexity index is 601. The van der Waals surface area contributed by atoms with Crippen LogP contribution in [0.5, 0.6) is 0 Å². The second-order valence-corrected chi connectivity index (χ2v) is 4.19. The summed E-state index contributed by atoms with van der Waals surface area (Å²) in [7, 11) is 1.56. The molecule has 0 aliphatic carbocycles. The summed E-state index contributed by atoms with van der Waals surface area (Å²) in [6.45, 7) is 1.38. The van der Waals surface area contributed by atoms with Gasteiger partial charge in [0, 0.05) is 18.1 Å². The molecule has 0 saturated carbocycles. The quantitative estimate of drug-likeness (QED) is 0.481. The maximum atomic E-state index is 11.4. The average Bonchev–Trinajstić information content (AvgIpc) is 2.49. The highest BCUT2D eigenvalue weighted by molar-refractivity contribution is 5.88. The van der Waals surface area contributed by atoms with Crippen LogP contribution in [0.1, 0.15) is 18.1 Å². The van der Waals surface area contributed by atoms with Crippen molar-refractivity contribution in [3.63, 3.8) is 0 Å². The van der Waals surface area contributed by atoms with Crippen LogP contribution in [0.3, 0.4) is 0 Å². The van der Waals surface area contributed by atoms with Crippen LogP contribution in [-0.2, 0) is 14.3 Å². The number of methoxy groups -OCH3 is 1. The topological polar surface area (TPSA) is 35.5 Å². The van der Waals surface area contributed by atoms with Crippen molar-refractivity contribution >= 4 is 17.5 Å². The smallest absolute Gasteiger partial charge is 0.308 e. The molecule has 0 N–H and O–H groups in total. The first-order valence-corrected chi connectivity index (χ1v) is 6.30. The summed E-state index contributed by atoms with van der Waals surface area (Å²) in [4.78, 5) is 11.4. The highest BCUT2D eigenvalue weighted by Gasteiger charge is 2.15. The first-order chi connectivity index (χ1) is 9.72. The van der Waals surface area contributed by atoms with E-state index in [0.29, 0.717) is 11.5 Å². The molecular formula is C17H16O3. The molecule has 0 fully saturated rings. The average molecular weight is 268 g/mol. The molecule has 0 saturated heterocycles. The van der Waals surface area contributed by atoms with E-state index in [4.69, 9.17) is 9.47 Å². The molecule has 0 heterocycles. The lowest BCUT2D eigenvalue weighted by Crippen LogP contribution is -2.03. The van der Waals surface area contributed by atoms with Gasteiger partial charge in [0.25, 0.3) is 0 Å². The Morgan fingerprint density at radius 1 is 0.800 bits per heavy atom. The van der Waals surface area contributed by atoms with E-state index >= 15 is 0 Å². The number of rotatable bonds is 4. The van der Waals surface area contributed by atoms with Crippen molar-refractivity contribution in [2.24, 2.45) is 0 Å². The third-order valence-electron chi connectivity index (χ3n) is 2.73. The normalized spacial score (nSPS) is 11.5. The molecular weight excluding hydrogens is 252 g/mol. The van der Waals surface area contributed by atoms with Crippen molar-refractivity contribution in [3.05, 3.63) is 71.8 Å². The van der Waals surface area contributed by atoms with Crippen molar-refractivity contribution in [2.45, 2.75) is 6.92 Å². The number of hydrogen-bond acceptors (Lipinski definition) is 3. The lowest BCUT2D eigenvalue weighted by atomic mass is 10.1. The van der Waals surface area contributed by atoms with Crippen LogP contribution in [0.25, 0.3) is 11.5 Å². The lowest BCUT2D eigenvalue weighted by Gasteiger charge is -2.14. The summed E-state index contributed by atoms with van der Waals surface area (Å²) in [5.74, 6) is 0.577. The predicted octanol–water partition coefficient (Wildman–Crippen LogP) is 3.72. The van der Waals surface area contributed by atoms with Gasteiger partial charge < -0.3 is 9.47 Å². The minimum atomic E-state index is -0.380. The number of carbonyl (C=O) groups is 1. The number of esters is 1. The van der Waals surface area contributed by atoms with Gasteiger partial charge in [0.15, 0.2) is 11.5 Å². The minimum absolute atomic E-state index is 0.380. The monoisotopic (exact) mass is 268 g/mol. The Morgan fingerprint density at radius 3 is 1.65 bits per heavy atom. The number of carbonyl (C=O) groups excluding carboxylic acids is 1. The molecule has 0 aromatic heterocycles. The van der Waals surface area contributed by atoms with Crippen LogP contribution in [0.4, 0.5) is 0 Å². The molecule has 0 radical (unpaired) electrons. The SMILES string of the molecule is CO/C(=C(/OC(C)=O)c1ccccc1)c1ccccc1. The van der Waals surface area contributed by atoms with Gasteiger partial charge in [-0.2, -0.15) is 0 Å². The zero-order chi connectivity index (χ0) is 14.4. The second-order valence-electron chi connectivity index (χ2n) is 4.19. The summed E-state index contributed by atoms with van der Waals surface area (Å²) in [6.07, 6.45) is 0. The van der Waals surface area contributed by atoms with Crippen LogP contribution in [0.15, 0.2) is 60.7 Å². The molecule has 0 bridgehead atoms. The van der Waals surface area contributed by atoms with Crippen molar-refractivity contribution in [3.8, 4) is 0 Å². The Kier molecular flexibility index (Phi) is 4.56. The van der Waals surface area contributed by atoms with Gasteiger partial charge in [0.05, 0.1) is 7.11 Å². The summed E-state index contributed by atoms with van der Waals surface area (Å²) in [6, 6.07) is 19.0. The fourth-order valence-electron chi connectivity index (χ4n) is 1.90. The molecule has 20 heavy (non-hydrogen) atoms.